The molecule has 1 aliphatic rings. The Balaban J connectivity index is 3.82. The van der Waals surface area contributed by atoms with E-state index >= 15 is 0 Å². The molecule has 0 aliphatic carbocycles. The van der Waals surface area contributed by atoms with Crippen LogP contribution in [0.5, 0.6) is 0 Å². The van der Waals surface area contributed by atoms with Crippen LogP contribution in [0, 0.1) is 17.8 Å². The highest BCUT2D eigenvalue weighted by Gasteiger charge is 2.38. The van der Waals surface area contributed by atoms with E-state index in [4.69, 9.17) is 28.7 Å². The molecule has 0 spiro atoms. The van der Waals surface area contributed by atoms with Crippen LogP contribution in [0.1, 0.15) is 139 Å². The van der Waals surface area contributed by atoms with Gasteiger partial charge < -0.3 is 97.4 Å². The summed E-state index contributed by atoms with van der Waals surface area (Å²) in [5, 5.41) is 49.6. The predicted octanol–water partition coefficient (Wildman–Crippen LogP) is -5.44. The summed E-state index contributed by atoms with van der Waals surface area (Å²) in [6.07, 6.45) is -0.469. The number of hydrogen-bond acceptors (Lipinski definition) is 18. The summed E-state index contributed by atoms with van der Waals surface area (Å²) in [6, 6.07) is -14.5. The zero-order valence-electron chi connectivity index (χ0n) is 49.4. The number of unbranched alkanes of at least 4 members (excludes halogenated alkanes) is 1. The van der Waals surface area contributed by atoms with Crippen molar-refractivity contribution in [2.45, 2.75) is 211 Å². The molecular formula is C53H100N16O13. The number of rotatable bonds is 29. The third kappa shape index (κ3) is 26.4. The van der Waals surface area contributed by atoms with Gasteiger partial charge in [-0.25, -0.2) is 0 Å². The van der Waals surface area contributed by atoms with E-state index in [0.717, 1.165) is 19.3 Å². The van der Waals surface area contributed by atoms with E-state index in [1.807, 2.05) is 0 Å². The number of nitrogens with two attached hydrogens (primary N) is 5. The van der Waals surface area contributed by atoms with Crippen molar-refractivity contribution < 1.29 is 63.0 Å². The van der Waals surface area contributed by atoms with Crippen molar-refractivity contribution in [2.75, 3.05) is 39.3 Å². The van der Waals surface area contributed by atoms with Crippen LogP contribution in [0.3, 0.4) is 0 Å². The molecule has 1 fully saturated rings. The van der Waals surface area contributed by atoms with Crippen molar-refractivity contribution in [1.29, 1.82) is 0 Å². The smallest absolute Gasteiger partial charge is 0.245 e. The fourth-order valence-electron chi connectivity index (χ4n) is 8.73. The molecule has 29 heteroatoms. The van der Waals surface area contributed by atoms with Crippen molar-refractivity contribution in [1.82, 2.24) is 58.5 Å². The number of hydrogen-bond donors (Lipinski definition) is 18. The average molecular weight is 1170 g/mol. The largest absolute Gasteiger partial charge is 0.391 e. The Morgan fingerprint density at radius 2 is 1.02 bits per heavy atom. The number of nitrogens with one attached hydrogen (secondary N) is 11. The molecule has 0 bridgehead atoms. The Labute approximate surface area is 482 Å². The molecular weight excluding hydrogens is 1070 g/mol. The average Bonchev–Trinajstić information content (AvgIpc) is 3.48. The highest BCUT2D eigenvalue weighted by Crippen LogP contribution is 2.15. The molecule has 14 atom stereocenters. The SMILES string of the molecule is CCC(C)CCCCC(=O)N[C@@H](CCN)C(=O)N[C@H](C(=O)N[C@@H](CCN)C(=O)N[C@H]1CCNC(=O)[C@H]([C@@H](C)O)NC(=O)[C@H](CCN)NC(=O)[C@H](CCN)NC(=O)[C@H]([C@@H](C)CC)NC(=O)[C@@H](CC(C)C)NC(=O)[C@H](CCN)NC1=O)[C@@H](C)O. The maximum absolute atomic E-state index is 14.4. The number of aliphatic hydroxyl groups is 2. The highest BCUT2D eigenvalue weighted by atomic mass is 16.3. The minimum absolute atomic E-state index is 0.0131. The van der Waals surface area contributed by atoms with Gasteiger partial charge in [-0.1, -0.05) is 67.2 Å². The second-order valence-corrected chi connectivity index (χ2v) is 21.7. The minimum Gasteiger partial charge on any atom is -0.391 e. The Morgan fingerprint density at radius 1 is 0.537 bits per heavy atom. The number of amides is 11. The quantitative estimate of drug-likeness (QED) is 0.0311. The van der Waals surface area contributed by atoms with E-state index in [0.29, 0.717) is 18.8 Å². The van der Waals surface area contributed by atoms with Gasteiger partial charge in [0.25, 0.3) is 0 Å². The summed E-state index contributed by atoms with van der Waals surface area (Å²) in [6.45, 7) is 12.5. The fourth-order valence-corrected chi connectivity index (χ4v) is 8.73. The normalized spacial score (nSPS) is 23.8. The van der Waals surface area contributed by atoms with E-state index in [2.05, 4.69) is 72.3 Å². The predicted molar refractivity (Wildman–Crippen MR) is 305 cm³/mol. The van der Waals surface area contributed by atoms with Gasteiger partial charge in [0.05, 0.1) is 12.2 Å². The van der Waals surface area contributed by atoms with Gasteiger partial charge in [0.15, 0.2) is 0 Å². The van der Waals surface area contributed by atoms with Crippen LogP contribution in [0.25, 0.3) is 0 Å². The molecule has 0 aromatic carbocycles. The summed E-state index contributed by atoms with van der Waals surface area (Å²) >= 11 is 0. The third-order valence-corrected chi connectivity index (χ3v) is 14.1. The molecule has 29 nitrogen and oxygen atoms in total. The highest BCUT2D eigenvalue weighted by molar-refractivity contribution is 5.99. The standard InChI is InChI=1S/C53H100N16O13/c1-9-29(5)13-11-12-14-40(72)60-33(15-21-54)48(77)69-43(32(8)71)53(82)65-36(18-24-57)45(74)63-38-20-26-59-51(80)42(31(7)70)68-49(78)37(19-25-58)62-44(73)35(17-23-56)64-52(81)41(30(6)10-2)67-50(79)39(27-28(3)4)66-46(75)34(16-22-55)61-47(38)76/h28-39,41-43,70-71H,9-27,54-58H2,1-8H3,(H,59,80)(H,60,72)(H,61,76)(H,62,73)(H,63,74)(H,64,81)(H,65,82)(H,66,75)(H,67,79)(H,68,78)(H,69,77)/t29?,30-,31+,32+,33-,34-,35-,36-,37-,38-,39+,41-,42-,43-/m0/s1. The molecule has 82 heavy (non-hydrogen) atoms. The summed E-state index contributed by atoms with van der Waals surface area (Å²) in [5.41, 5.74) is 29.2. The first-order valence-corrected chi connectivity index (χ1v) is 28.9. The van der Waals surface area contributed by atoms with E-state index in [9.17, 15) is 63.0 Å². The van der Waals surface area contributed by atoms with Crippen molar-refractivity contribution >= 4 is 65.0 Å². The molecule has 0 aromatic rings. The summed E-state index contributed by atoms with van der Waals surface area (Å²) in [5.74, 6) is -9.84. The Kier molecular flexibility index (Phi) is 35.5. The van der Waals surface area contributed by atoms with Crippen molar-refractivity contribution in [2.24, 2.45) is 46.4 Å². The Bertz CT molecular complexity index is 2070. The van der Waals surface area contributed by atoms with E-state index < -0.39 is 156 Å². The van der Waals surface area contributed by atoms with Crippen LogP contribution in [-0.2, 0) is 52.7 Å². The summed E-state index contributed by atoms with van der Waals surface area (Å²) in [7, 11) is 0. The van der Waals surface area contributed by atoms with Gasteiger partial charge in [-0.15, -0.1) is 0 Å². The molecule has 23 N–H and O–H groups in total. The number of carbonyl (C=O) groups is 11. The molecule has 0 saturated carbocycles. The van der Waals surface area contributed by atoms with Crippen LogP contribution in [0.2, 0.25) is 0 Å². The van der Waals surface area contributed by atoms with Gasteiger partial charge in [0.2, 0.25) is 65.0 Å². The number of carbonyl (C=O) groups excluding carboxylic acids is 11. The van der Waals surface area contributed by atoms with Gasteiger partial charge in [0, 0.05) is 13.0 Å². The van der Waals surface area contributed by atoms with Gasteiger partial charge in [-0.05, 0) is 116 Å². The zero-order chi connectivity index (χ0) is 62.2. The first-order chi connectivity index (χ1) is 38.7. The molecule has 1 heterocycles. The maximum atomic E-state index is 14.4. The summed E-state index contributed by atoms with van der Waals surface area (Å²) < 4.78 is 0. The van der Waals surface area contributed by atoms with Crippen LogP contribution in [0.4, 0.5) is 0 Å². The molecule has 11 amide bonds. The summed E-state index contributed by atoms with van der Waals surface area (Å²) in [4.78, 5) is 153. The van der Waals surface area contributed by atoms with Crippen LogP contribution >= 0.6 is 0 Å². The zero-order valence-corrected chi connectivity index (χ0v) is 49.4. The lowest BCUT2D eigenvalue weighted by Gasteiger charge is -2.30. The molecule has 1 aliphatic heterocycles. The van der Waals surface area contributed by atoms with Crippen molar-refractivity contribution in [3.8, 4) is 0 Å². The second kappa shape index (κ2) is 39.4. The molecule has 0 aromatic heterocycles. The lowest BCUT2D eigenvalue weighted by molar-refractivity contribution is -0.137. The Hall–Kier alpha value is -6.11. The van der Waals surface area contributed by atoms with E-state index in [1.165, 1.54) is 13.8 Å². The molecule has 1 unspecified atom stereocenters. The van der Waals surface area contributed by atoms with E-state index in [-0.39, 0.29) is 83.6 Å². The lowest BCUT2D eigenvalue weighted by Crippen LogP contribution is -2.62. The third-order valence-electron chi connectivity index (χ3n) is 14.1. The van der Waals surface area contributed by atoms with Crippen molar-refractivity contribution in [3.63, 3.8) is 0 Å². The van der Waals surface area contributed by atoms with Crippen LogP contribution in [-0.4, -0.2) is 187 Å². The van der Waals surface area contributed by atoms with Gasteiger partial charge >= 0.3 is 0 Å². The first kappa shape index (κ1) is 73.9. The lowest BCUT2D eigenvalue weighted by atomic mass is 9.96. The number of aliphatic hydroxyl groups excluding tert-OH is 2. The van der Waals surface area contributed by atoms with Gasteiger partial charge in [-0.3, -0.25) is 52.7 Å². The first-order valence-electron chi connectivity index (χ1n) is 28.9. The van der Waals surface area contributed by atoms with Gasteiger partial charge in [-0.2, -0.15) is 0 Å². The molecule has 470 valence electrons. The van der Waals surface area contributed by atoms with Crippen LogP contribution < -0.4 is 87.2 Å². The molecule has 1 rings (SSSR count). The second-order valence-electron chi connectivity index (χ2n) is 21.7. The monoisotopic (exact) mass is 1170 g/mol. The van der Waals surface area contributed by atoms with Gasteiger partial charge in [0.1, 0.15) is 60.4 Å². The maximum Gasteiger partial charge on any atom is 0.245 e. The fraction of sp³-hybridized carbons (Fsp3) is 0.792. The van der Waals surface area contributed by atoms with Crippen molar-refractivity contribution in [3.05, 3.63) is 0 Å². The van der Waals surface area contributed by atoms with E-state index in [1.54, 1.807) is 27.7 Å². The molecule has 0 radical (unpaired) electrons. The molecule has 1 saturated heterocycles. The topological polar surface area (TPSA) is 491 Å². The minimum atomic E-state index is -1.69. The van der Waals surface area contributed by atoms with Crippen LogP contribution in [0.15, 0.2) is 0 Å². The Morgan fingerprint density at radius 3 is 1.51 bits per heavy atom.